The van der Waals surface area contributed by atoms with E-state index in [0.29, 0.717) is 45.3 Å². The molecule has 12 heteroatoms. The van der Waals surface area contributed by atoms with Crippen LogP contribution in [0, 0.1) is 5.41 Å². The van der Waals surface area contributed by atoms with Gasteiger partial charge in [-0.3, -0.25) is 9.59 Å². The van der Waals surface area contributed by atoms with Crippen molar-refractivity contribution in [2.45, 2.75) is 69.0 Å². The number of methoxy groups -OCH3 is 1. The molecule has 3 aliphatic heterocycles. The summed E-state index contributed by atoms with van der Waals surface area (Å²) in [5.74, 6) is 0.556. The molecule has 0 spiro atoms. The molecular weight excluding hydrogens is 620 g/mol. The quantitative estimate of drug-likeness (QED) is 0.424. The van der Waals surface area contributed by atoms with Crippen LogP contribution in [-0.2, 0) is 31.0 Å². The van der Waals surface area contributed by atoms with Gasteiger partial charge in [0.1, 0.15) is 5.75 Å². The number of hydrogen-bond donors (Lipinski definition) is 1. The summed E-state index contributed by atoms with van der Waals surface area (Å²) in [5.41, 5.74) is 5.02. The van der Waals surface area contributed by atoms with Crippen LogP contribution in [0.2, 0.25) is 0 Å². The van der Waals surface area contributed by atoms with Crippen molar-refractivity contribution in [2.75, 3.05) is 47.6 Å². The van der Waals surface area contributed by atoms with E-state index in [-0.39, 0.29) is 29.5 Å². The van der Waals surface area contributed by atoms with Crippen LogP contribution >= 0.6 is 0 Å². The first-order valence-corrected chi connectivity index (χ1v) is 18.1. The molecule has 2 bridgehead atoms. The van der Waals surface area contributed by atoms with Gasteiger partial charge in [-0.05, 0) is 66.6 Å². The van der Waals surface area contributed by atoms with Crippen LogP contribution in [0.5, 0.6) is 5.75 Å². The van der Waals surface area contributed by atoms with Gasteiger partial charge in [0.15, 0.2) is 0 Å². The smallest absolute Gasteiger partial charge is 0.303 e. The maximum absolute atomic E-state index is 14.9. The number of carbonyl (C=O) groups is 2. The van der Waals surface area contributed by atoms with E-state index in [4.69, 9.17) is 14.2 Å². The van der Waals surface area contributed by atoms with E-state index in [0.717, 1.165) is 63.5 Å². The molecule has 2 saturated carbocycles. The Kier molecular flexibility index (Phi) is 7.43. The fourth-order valence-electron chi connectivity index (χ4n) is 8.67. The summed E-state index contributed by atoms with van der Waals surface area (Å²) >= 11 is 0. The number of carbonyl (C=O) groups excluding carboxylic acids is 2. The molecule has 3 aromatic rings. The number of amides is 2. The second kappa shape index (κ2) is 11.3. The lowest BCUT2D eigenvalue weighted by molar-refractivity contribution is -0.173. The van der Waals surface area contributed by atoms with Crippen molar-refractivity contribution in [1.82, 2.24) is 18.5 Å². The molecule has 4 heterocycles. The molecule has 2 saturated heterocycles. The third kappa shape index (κ3) is 4.90. The Balaban J connectivity index is 1.33. The summed E-state index contributed by atoms with van der Waals surface area (Å²) in [7, 11) is 0.455. The predicted octanol–water partition coefficient (Wildman–Crippen LogP) is 4.01. The Labute approximate surface area is 275 Å². The molecule has 4 fully saturated rings. The van der Waals surface area contributed by atoms with Crippen molar-refractivity contribution < 1.29 is 32.2 Å². The van der Waals surface area contributed by atoms with Crippen LogP contribution in [0.25, 0.3) is 22.2 Å². The van der Waals surface area contributed by atoms with E-state index in [9.17, 15) is 18.0 Å². The van der Waals surface area contributed by atoms with Crippen LogP contribution in [-0.4, -0.2) is 93.7 Å². The molecule has 2 aliphatic carbocycles. The van der Waals surface area contributed by atoms with Crippen LogP contribution in [0.15, 0.2) is 36.4 Å². The summed E-state index contributed by atoms with van der Waals surface area (Å²) in [4.78, 5) is 30.3. The number of benzene rings is 2. The molecule has 2 amide bonds. The molecule has 8 rings (SSSR count). The van der Waals surface area contributed by atoms with Gasteiger partial charge in [0.25, 0.3) is 5.91 Å². The largest absolute Gasteiger partial charge is 0.497 e. The van der Waals surface area contributed by atoms with Gasteiger partial charge < -0.3 is 23.7 Å². The van der Waals surface area contributed by atoms with E-state index in [2.05, 4.69) is 26.3 Å². The van der Waals surface area contributed by atoms with Gasteiger partial charge >= 0.3 is 10.2 Å². The topological polar surface area (TPSA) is 119 Å². The molecule has 250 valence electrons. The maximum Gasteiger partial charge on any atom is 0.303 e. The van der Waals surface area contributed by atoms with Crippen molar-refractivity contribution in [1.29, 1.82) is 0 Å². The van der Waals surface area contributed by atoms with Gasteiger partial charge in [-0.25, -0.2) is 4.72 Å². The monoisotopic (exact) mass is 662 g/mol. The molecule has 1 N–H and O–H groups in total. The first-order chi connectivity index (χ1) is 22.6. The van der Waals surface area contributed by atoms with Gasteiger partial charge in [0.05, 0.1) is 56.7 Å². The number of ether oxygens (including phenoxy) is 3. The molecule has 2 atom stereocenters. The Morgan fingerprint density at radius 2 is 1.68 bits per heavy atom. The lowest BCUT2D eigenvalue weighted by atomic mass is 9.81. The van der Waals surface area contributed by atoms with Crippen LogP contribution in [0.1, 0.15) is 71.8 Å². The highest BCUT2D eigenvalue weighted by atomic mass is 32.2. The van der Waals surface area contributed by atoms with Gasteiger partial charge in [-0.2, -0.15) is 12.7 Å². The number of nitrogens with zero attached hydrogens (tertiary/aromatic N) is 3. The SMILES string of the molecule is COc1ccc2c(c1)[C@@H]1C[C@]1(C(=O)N1C3COCC1COC3)Cn1c-2c(C2CCCCC2)c2ccc(C(=O)NS(=O)(=O)N(C)C)cc21. The summed E-state index contributed by atoms with van der Waals surface area (Å²) in [6.07, 6.45) is 6.39. The van der Waals surface area contributed by atoms with E-state index in [1.165, 1.54) is 26.1 Å². The summed E-state index contributed by atoms with van der Waals surface area (Å²) < 4.78 is 48.0. The van der Waals surface area contributed by atoms with E-state index in [1.807, 2.05) is 18.2 Å². The molecular formula is C35H42N4O7S. The van der Waals surface area contributed by atoms with Crippen LogP contribution in [0.3, 0.4) is 0 Å². The first kappa shape index (κ1) is 30.9. The predicted molar refractivity (Wildman–Crippen MR) is 176 cm³/mol. The average Bonchev–Trinajstić information content (AvgIpc) is 3.73. The zero-order valence-electron chi connectivity index (χ0n) is 27.2. The Morgan fingerprint density at radius 1 is 0.979 bits per heavy atom. The number of morpholine rings is 2. The summed E-state index contributed by atoms with van der Waals surface area (Å²) in [5, 5.41) is 1.05. The van der Waals surface area contributed by atoms with Gasteiger partial charge in [-0.15, -0.1) is 0 Å². The fourth-order valence-corrected chi connectivity index (χ4v) is 9.21. The Hall–Kier alpha value is -3.45. The van der Waals surface area contributed by atoms with Gasteiger partial charge in [0, 0.05) is 48.6 Å². The minimum absolute atomic E-state index is 0.00969. The van der Waals surface area contributed by atoms with E-state index >= 15 is 0 Å². The molecule has 11 nitrogen and oxygen atoms in total. The number of rotatable bonds is 6. The second-order valence-corrected chi connectivity index (χ2v) is 16.0. The first-order valence-electron chi connectivity index (χ1n) is 16.7. The van der Waals surface area contributed by atoms with E-state index in [1.54, 1.807) is 13.2 Å². The highest BCUT2D eigenvalue weighted by Gasteiger charge is 2.65. The highest BCUT2D eigenvalue weighted by Crippen LogP contribution is 2.66. The fraction of sp³-hybridized carbons (Fsp3) is 0.543. The molecule has 1 aromatic heterocycles. The Bertz CT molecular complexity index is 1860. The van der Waals surface area contributed by atoms with Crippen LogP contribution < -0.4 is 9.46 Å². The number of nitrogens with one attached hydrogen (secondary N) is 1. The molecule has 0 radical (unpaired) electrons. The van der Waals surface area contributed by atoms with Crippen molar-refractivity contribution in [2.24, 2.45) is 5.41 Å². The number of aromatic nitrogens is 1. The average molecular weight is 663 g/mol. The van der Waals surface area contributed by atoms with Crippen molar-refractivity contribution in [3.05, 3.63) is 53.1 Å². The third-order valence-electron chi connectivity index (χ3n) is 11.2. The highest BCUT2D eigenvalue weighted by molar-refractivity contribution is 7.87. The number of hydrogen-bond acceptors (Lipinski definition) is 7. The van der Waals surface area contributed by atoms with Crippen LogP contribution in [0.4, 0.5) is 0 Å². The Morgan fingerprint density at radius 3 is 2.34 bits per heavy atom. The summed E-state index contributed by atoms with van der Waals surface area (Å²) in [6, 6.07) is 11.5. The lowest BCUT2D eigenvalue weighted by Crippen LogP contribution is -2.63. The normalized spacial score (nSPS) is 27.1. The minimum Gasteiger partial charge on any atom is -0.497 e. The standard InChI is InChI=1S/C35H42N4O7S/c1-37(2)47(42,43)36-33(40)22-9-11-27-30(13-22)38-20-35(34(41)39-23-16-45-18-24(39)19-46-17-23)15-29(35)28-14-25(44-3)10-12-26(28)32(38)31(27)21-7-5-4-6-8-21/h9-14,21,23-24,29H,4-8,15-20H2,1-3H3,(H,36,40)/t23?,24?,29-,35-/m0/s1. The molecule has 5 aliphatic rings. The zero-order chi connectivity index (χ0) is 32.7. The van der Waals surface area contributed by atoms with Crippen molar-refractivity contribution in [3.63, 3.8) is 0 Å². The van der Waals surface area contributed by atoms with E-state index < -0.39 is 21.5 Å². The van der Waals surface area contributed by atoms with Crippen molar-refractivity contribution in [3.8, 4) is 17.0 Å². The van der Waals surface area contributed by atoms with Gasteiger partial charge in [0.2, 0.25) is 5.91 Å². The molecule has 0 unspecified atom stereocenters. The second-order valence-electron chi connectivity index (χ2n) is 14.1. The third-order valence-corrected chi connectivity index (χ3v) is 12.6. The minimum atomic E-state index is -3.98. The van der Waals surface area contributed by atoms with Gasteiger partial charge in [-0.1, -0.05) is 25.3 Å². The van der Waals surface area contributed by atoms with Crippen molar-refractivity contribution >= 4 is 32.9 Å². The molecule has 47 heavy (non-hydrogen) atoms. The number of fused-ring (bicyclic) bond motifs is 9. The maximum atomic E-state index is 14.9. The zero-order valence-corrected chi connectivity index (χ0v) is 28.0. The summed E-state index contributed by atoms with van der Waals surface area (Å²) in [6.45, 7) is 2.32. The molecule has 2 aromatic carbocycles. The lowest BCUT2D eigenvalue weighted by Gasteiger charge is -2.47.